The van der Waals surface area contributed by atoms with Gasteiger partial charge in [-0.15, -0.1) is 0 Å². The minimum absolute atomic E-state index is 0.0690. The summed E-state index contributed by atoms with van der Waals surface area (Å²) in [4.78, 5) is 56.5. The minimum atomic E-state index is -2.78. The van der Waals surface area contributed by atoms with Crippen molar-refractivity contribution >= 4 is 57.1 Å². The number of nitrogens with two attached hydrogens (primary N) is 1. The molecule has 48 heavy (non-hydrogen) atoms. The number of hydrogen-bond donors (Lipinski definition) is 7. The van der Waals surface area contributed by atoms with E-state index in [0.717, 1.165) is 10.8 Å². The number of aliphatic hydroxyl groups is 3. The molecule has 13 heteroatoms. The Bertz CT molecular complexity index is 2010. The van der Waals surface area contributed by atoms with Crippen molar-refractivity contribution in [3.63, 3.8) is 0 Å². The predicted octanol–water partition coefficient (Wildman–Crippen LogP) is 3.22. The van der Waals surface area contributed by atoms with Gasteiger partial charge in [0.05, 0.1) is 23.0 Å². The summed E-state index contributed by atoms with van der Waals surface area (Å²) in [6, 6.07) is 12.6. The van der Waals surface area contributed by atoms with E-state index in [4.69, 9.17) is 5.73 Å². The number of benzene rings is 3. The van der Waals surface area contributed by atoms with E-state index in [1.807, 2.05) is 30.3 Å². The van der Waals surface area contributed by atoms with Gasteiger partial charge in [-0.2, -0.15) is 0 Å². The third-order valence-corrected chi connectivity index (χ3v) is 9.87. The third kappa shape index (κ3) is 4.60. The quantitative estimate of drug-likeness (QED) is 0.158. The summed E-state index contributed by atoms with van der Waals surface area (Å²) < 4.78 is 0. The number of urea groups is 1. The van der Waals surface area contributed by atoms with Crippen LogP contribution in [0, 0.1) is 11.3 Å². The fourth-order valence-corrected chi connectivity index (χ4v) is 7.77. The van der Waals surface area contributed by atoms with E-state index in [2.05, 4.69) is 10.6 Å². The number of aromatic hydroxyl groups is 1. The van der Waals surface area contributed by atoms with Crippen molar-refractivity contribution in [2.75, 3.05) is 43.7 Å². The highest BCUT2D eigenvalue weighted by Gasteiger charge is 2.66. The molecule has 1 fully saturated rings. The second kappa shape index (κ2) is 11.1. The molecule has 0 saturated heterocycles. The molecule has 3 aromatic carbocycles. The summed E-state index contributed by atoms with van der Waals surface area (Å²) in [6.45, 7) is 1.70. The maximum absolute atomic E-state index is 14.4. The number of primary amides is 1. The lowest BCUT2D eigenvalue weighted by molar-refractivity contribution is -0.156. The molecule has 0 spiro atoms. The molecule has 4 atom stereocenters. The van der Waals surface area contributed by atoms with Gasteiger partial charge in [0.15, 0.2) is 17.1 Å². The monoisotopic (exact) mass is 655 g/mol. The highest BCUT2D eigenvalue weighted by molar-refractivity contribution is 6.24. The van der Waals surface area contributed by atoms with Crippen molar-refractivity contribution in [3.05, 3.63) is 76.6 Å². The Kier molecular flexibility index (Phi) is 7.52. The molecule has 3 amide bonds. The molecule has 0 heterocycles. The maximum atomic E-state index is 14.4. The number of amides is 3. The van der Waals surface area contributed by atoms with Crippen LogP contribution in [0.15, 0.2) is 65.4 Å². The zero-order chi connectivity index (χ0) is 35.0. The second-order valence-corrected chi connectivity index (χ2v) is 13.4. The Morgan fingerprint density at radius 2 is 1.60 bits per heavy atom. The van der Waals surface area contributed by atoms with Gasteiger partial charge in [0.25, 0.3) is 5.91 Å². The summed E-state index contributed by atoms with van der Waals surface area (Å²) in [5.74, 6) is -6.84. The van der Waals surface area contributed by atoms with Gasteiger partial charge in [0.2, 0.25) is 5.78 Å². The lowest BCUT2D eigenvalue weighted by Crippen LogP contribution is -2.67. The van der Waals surface area contributed by atoms with Crippen LogP contribution in [0.25, 0.3) is 16.5 Å². The van der Waals surface area contributed by atoms with Crippen LogP contribution in [0.2, 0.25) is 0 Å². The first-order valence-corrected chi connectivity index (χ1v) is 15.3. The molecule has 0 aromatic heterocycles. The highest BCUT2D eigenvalue weighted by Crippen LogP contribution is 2.59. The van der Waals surface area contributed by atoms with Crippen LogP contribution in [0.1, 0.15) is 24.5 Å². The number of phenolic OH excluding ortho intramolecular Hbond substituents is 1. The molecule has 6 rings (SSSR count). The topological polar surface area (TPSA) is 206 Å². The van der Waals surface area contributed by atoms with Crippen LogP contribution < -0.4 is 21.3 Å². The van der Waals surface area contributed by atoms with Crippen molar-refractivity contribution in [3.8, 4) is 5.75 Å². The molecule has 8 N–H and O–H groups in total. The summed E-state index contributed by atoms with van der Waals surface area (Å²) in [7, 11) is 6.57. The second-order valence-electron chi connectivity index (χ2n) is 13.4. The van der Waals surface area contributed by atoms with Crippen molar-refractivity contribution in [1.29, 1.82) is 0 Å². The number of carbonyl (C=O) groups is 4. The van der Waals surface area contributed by atoms with E-state index in [1.54, 1.807) is 58.2 Å². The van der Waals surface area contributed by atoms with Gasteiger partial charge in [-0.25, -0.2) is 4.79 Å². The number of ketones is 2. The Hall–Kier alpha value is -5.40. The molecule has 0 radical (unpaired) electrons. The number of hydrogen-bond acceptors (Lipinski definition) is 10. The Morgan fingerprint density at radius 1 is 0.958 bits per heavy atom. The lowest BCUT2D eigenvalue weighted by atomic mass is 9.52. The number of aliphatic hydroxyl groups excluding tert-OH is 2. The average Bonchev–Trinajstić information content (AvgIpc) is 3.00. The van der Waals surface area contributed by atoms with Crippen molar-refractivity contribution in [1.82, 2.24) is 4.90 Å². The fraction of sp³-hybridized carbons (Fsp3) is 0.314. The van der Waals surface area contributed by atoms with Crippen LogP contribution in [-0.4, -0.2) is 88.7 Å². The first kappa shape index (κ1) is 32.5. The molecule has 250 valence electrons. The Labute approximate surface area is 275 Å². The predicted molar refractivity (Wildman–Crippen MR) is 180 cm³/mol. The smallest absolute Gasteiger partial charge is 0.323 e. The van der Waals surface area contributed by atoms with Gasteiger partial charge in [0.1, 0.15) is 17.1 Å². The van der Waals surface area contributed by atoms with Crippen LogP contribution in [0.3, 0.4) is 0 Å². The molecule has 0 unspecified atom stereocenters. The van der Waals surface area contributed by atoms with Crippen LogP contribution in [0.4, 0.5) is 21.9 Å². The van der Waals surface area contributed by atoms with Crippen molar-refractivity contribution in [2.45, 2.75) is 31.4 Å². The molecule has 1 saturated carbocycles. The lowest BCUT2D eigenvalue weighted by Gasteiger charge is -2.54. The molecule has 0 bridgehead atoms. The normalized spacial score (nSPS) is 25.1. The molecular formula is C35H37N5O8. The fourth-order valence-electron chi connectivity index (χ4n) is 7.77. The molecule has 0 aliphatic heterocycles. The summed E-state index contributed by atoms with van der Waals surface area (Å²) >= 11 is 0. The van der Waals surface area contributed by atoms with E-state index >= 15 is 0 Å². The van der Waals surface area contributed by atoms with E-state index in [9.17, 15) is 39.6 Å². The number of nitrogens with zero attached hydrogens (tertiary/aromatic N) is 2. The number of anilines is 3. The van der Waals surface area contributed by atoms with E-state index in [0.29, 0.717) is 16.9 Å². The van der Waals surface area contributed by atoms with Crippen LogP contribution >= 0.6 is 0 Å². The molecule has 3 aliphatic carbocycles. The van der Waals surface area contributed by atoms with Crippen LogP contribution in [0.5, 0.6) is 5.75 Å². The van der Waals surface area contributed by atoms with Gasteiger partial charge in [0, 0.05) is 42.1 Å². The first-order chi connectivity index (χ1) is 22.5. The molecule has 3 aliphatic rings. The number of fused-ring (bicyclic) bond motifs is 4. The minimum Gasteiger partial charge on any atom is -0.508 e. The Morgan fingerprint density at radius 3 is 2.25 bits per heavy atom. The van der Waals surface area contributed by atoms with E-state index in [-0.39, 0.29) is 29.7 Å². The number of likely N-dealkylation sites (N-methyl/N-ethyl adjacent to an activating group) is 1. The number of phenols is 1. The van der Waals surface area contributed by atoms with Gasteiger partial charge >= 0.3 is 6.03 Å². The maximum Gasteiger partial charge on any atom is 0.323 e. The number of rotatable bonds is 5. The van der Waals surface area contributed by atoms with Gasteiger partial charge < -0.3 is 41.7 Å². The standard InChI is InChI=1S/C35H37N5O8/c1-34-14-18-22(39(2)3)13-21(38-33(47)37-20-12-8-10-16-9-6-7-11-17(16)20)27(41)23(18)28(42)25(34)31(45)35(48)19(15-34)26(40(4)5)29(43)24(30(35)44)32(36)46/h6-13,19,26,41-42,44,48H,14-15H2,1-5H3,(H2,36,46)(H2,37,38,47)/t19-,26-,34-,35+/m0/s1. The zero-order valence-electron chi connectivity index (χ0n) is 27.1. The summed E-state index contributed by atoms with van der Waals surface area (Å²) in [6.07, 6.45) is 0.00489. The summed E-state index contributed by atoms with van der Waals surface area (Å²) in [5.41, 5.74) is 1.57. The average molecular weight is 656 g/mol. The van der Waals surface area contributed by atoms with E-state index < -0.39 is 69.3 Å². The van der Waals surface area contributed by atoms with E-state index in [1.165, 1.54) is 4.90 Å². The molecule has 3 aromatic rings. The Balaban J connectivity index is 1.48. The largest absolute Gasteiger partial charge is 0.508 e. The SMILES string of the molecule is CN(C)c1cc(NC(=O)Nc2cccc3ccccc23)c(O)c2c1C[C@@]1(C)C[C@H]3[C@H](N(C)C)C(=O)C(C(N)=O)=C(O)[C@@]3(O)C(=O)C1=C2O. The highest BCUT2D eigenvalue weighted by atomic mass is 16.3. The number of carbonyl (C=O) groups excluding carboxylic acids is 4. The molecule has 13 nitrogen and oxygen atoms in total. The van der Waals surface area contributed by atoms with Gasteiger partial charge in [-0.3, -0.25) is 19.3 Å². The third-order valence-electron chi connectivity index (χ3n) is 9.87. The summed E-state index contributed by atoms with van der Waals surface area (Å²) in [5, 5.41) is 53.7. The van der Waals surface area contributed by atoms with Crippen molar-refractivity contribution in [2.24, 2.45) is 17.1 Å². The van der Waals surface area contributed by atoms with Crippen LogP contribution in [-0.2, 0) is 20.8 Å². The van der Waals surface area contributed by atoms with Gasteiger partial charge in [-0.1, -0.05) is 43.3 Å². The van der Waals surface area contributed by atoms with Gasteiger partial charge in [-0.05, 0) is 50.0 Å². The number of Topliss-reactive ketones (excluding diaryl/α,β-unsaturated/α-hetero) is 2. The first-order valence-electron chi connectivity index (χ1n) is 15.3. The zero-order valence-corrected chi connectivity index (χ0v) is 27.1. The van der Waals surface area contributed by atoms with Crippen molar-refractivity contribution < 1.29 is 39.6 Å². The molecular weight excluding hydrogens is 618 g/mol. The number of nitrogens with one attached hydrogen (secondary N) is 2.